The average molecular weight is 450 g/mol. The second kappa shape index (κ2) is 8.06. The maximum Gasteiger partial charge on any atom is 0.416 e. The fourth-order valence-corrected chi connectivity index (χ4v) is 4.21. The van der Waals surface area contributed by atoms with Crippen LogP contribution in [0.1, 0.15) is 57.1 Å². The maximum absolute atomic E-state index is 13.0. The number of hydrogen-bond acceptors (Lipinski definition) is 2. The highest BCUT2D eigenvalue weighted by molar-refractivity contribution is 5.89. The Labute approximate surface area is 188 Å². The Morgan fingerprint density at radius 3 is 2.61 bits per heavy atom. The van der Waals surface area contributed by atoms with Crippen LogP contribution >= 0.6 is 0 Å². The Kier molecular flexibility index (Phi) is 5.19. The quantitative estimate of drug-likeness (QED) is 0.377. The van der Waals surface area contributed by atoms with Crippen molar-refractivity contribution in [2.45, 2.75) is 37.9 Å². The molecule has 0 unspecified atom stereocenters. The zero-order valence-electron chi connectivity index (χ0n) is 17.6. The van der Waals surface area contributed by atoms with Crippen LogP contribution in [0.2, 0.25) is 0 Å². The summed E-state index contributed by atoms with van der Waals surface area (Å²) in [6.07, 6.45) is 1.80. The summed E-state index contributed by atoms with van der Waals surface area (Å²) in [5.41, 5.74) is 3.47. The van der Waals surface area contributed by atoms with E-state index in [0.29, 0.717) is 30.1 Å². The predicted molar refractivity (Wildman–Crippen MR) is 118 cm³/mol. The number of fused-ring (bicyclic) bond motifs is 1. The van der Waals surface area contributed by atoms with Gasteiger partial charge in [-0.2, -0.15) is 13.2 Å². The minimum absolute atomic E-state index is 0.238. The number of benzene rings is 2. The molecule has 0 aliphatic heterocycles. The molecule has 168 valence electrons. The summed E-state index contributed by atoms with van der Waals surface area (Å²) in [6.45, 7) is 0.320. The molecule has 4 nitrogen and oxygen atoms in total. The molecule has 0 amide bonds. The summed E-state index contributed by atoms with van der Waals surface area (Å²) < 4.78 is 41.0. The first-order valence-corrected chi connectivity index (χ1v) is 10.7. The molecule has 0 radical (unpaired) electrons. The molecule has 0 saturated heterocycles. The highest BCUT2D eigenvalue weighted by Crippen LogP contribution is 2.40. The van der Waals surface area contributed by atoms with Crippen molar-refractivity contribution in [3.8, 4) is 0 Å². The average Bonchev–Trinajstić information content (AvgIpc) is 3.56. The van der Waals surface area contributed by atoms with Gasteiger partial charge in [-0.15, -0.1) is 0 Å². The van der Waals surface area contributed by atoms with Crippen molar-refractivity contribution in [1.82, 2.24) is 9.55 Å². The number of alkyl halides is 3. The lowest BCUT2D eigenvalue weighted by Crippen LogP contribution is -2.07. The predicted octanol–water partition coefficient (Wildman–Crippen LogP) is 6.27. The van der Waals surface area contributed by atoms with E-state index in [2.05, 4.69) is 4.98 Å². The molecule has 2 heterocycles. The fraction of sp³-hybridized carbons (Fsp3) is 0.231. The number of hydrogen-bond donors (Lipinski definition) is 1. The summed E-state index contributed by atoms with van der Waals surface area (Å²) in [5, 5.41) is 10.6. The first kappa shape index (κ1) is 21.2. The molecule has 0 bridgehead atoms. The number of carbonyl (C=O) groups is 1. The largest absolute Gasteiger partial charge is 0.478 e. The van der Waals surface area contributed by atoms with E-state index in [1.54, 1.807) is 18.3 Å². The van der Waals surface area contributed by atoms with Gasteiger partial charge in [0.1, 0.15) is 0 Å². The van der Waals surface area contributed by atoms with Gasteiger partial charge >= 0.3 is 12.1 Å². The van der Waals surface area contributed by atoms with Gasteiger partial charge in [-0.1, -0.05) is 18.2 Å². The van der Waals surface area contributed by atoms with Crippen molar-refractivity contribution in [3.63, 3.8) is 0 Å². The summed E-state index contributed by atoms with van der Waals surface area (Å²) >= 11 is 0. The van der Waals surface area contributed by atoms with E-state index in [9.17, 15) is 23.1 Å². The van der Waals surface area contributed by atoms with E-state index < -0.39 is 17.7 Å². The second-order valence-corrected chi connectivity index (χ2v) is 8.55. The number of rotatable bonds is 6. The van der Waals surface area contributed by atoms with Crippen molar-refractivity contribution in [2.24, 2.45) is 0 Å². The molecule has 5 rings (SSSR count). The molecule has 1 fully saturated rings. The normalized spacial score (nSPS) is 14.0. The van der Waals surface area contributed by atoms with Gasteiger partial charge in [-0.3, -0.25) is 4.98 Å². The van der Waals surface area contributed by atoms with Crippen LogP contribution in [-0.2, 0) is 19.1 Å². The van der Waals surface area contributed by atoms with Crippen molar-refractivity contribution in [3.05, 3.63) is 101 Å². The van der Waals surface area contributed by atoms with Gasteiger partial charge in [-0.25, -0.2) is 4.79 Å². The first-order chi connectivity index (χ1) is 15.8. The van der Waals surface area contributed by atoms with Gasteiger partial charge in [0, 0.05) is 30.9 Å². The molecule has 1 N–H and O–H groups in total. The molecular formula is C26H21F3N2O2. The Balaban J connectivity index is 1.39. The van der Waals surface area contributed by atoms with Crippen LogP contribution in [0.25, 0.3) is 10.9 Å². The highest BCUT2D eigenvalue weighted by atomic mass is 19.4. The third kappa shape index (κ3) is 4.49. The van der Waals surface area contributed by atoms with Crippen LogP contribution in [0.5, 0.6) is 0 Å². The molecule has 7 heteroatoms. The second-order valence-electron chi connectivity index (χ2n) is 8.55. The molecule has 33 heavy (non-hydrogen) atoms. The van der Waals surface area contributed by atoms with Gasteiger partial charge in [0.25, 0.3) is 0 Å². The molecule has 2 aromatic carbocycles. The fourth-order valence-electron chi connectivity index (χ4n) is 4.21. The number of carboxylic acid groups (broad SMARTS) is 1. The number of aromatic carboxylic acids is 1. The number of nitrogens with zero attached hydrogens (tertiary/aromatic N) is 2. The van der Waals surface area contributed by atoms with Gasteiger partial charge in [0.15, 0.2) is 0 Å². The zero-order chi connectivity index (χ0) is 23.2. The molecule has 1 aliphatic rings. The number of pyridine rings is 1. The van der Waals surface area contributed by atoms with Crippen molar-refractivity contribution < 1.29 is 23.1 Å². The summed E-state index contributed by atoms with van der Waals surface area (Å²) in [7, 11) is 0. The molecular weight excluding hydrogens is 429 g/mol. The van der Waals surface area contributed by atoms with Crippen LogP contribution in [0, 0.1) is 0 Å². The lowest BCUT2D eigenvalue weighted by atomic mass is 10.0. The molecule has 1 saturated carbocycles. The lowest BCUT2D eigenvalue weighted by molar-refractivity contribution is -0.137. The Hall–Kier alpha value is -3.61. The van der Waals surface area contributed by atoms with Gasteiger partial charge in [0.05, 0.1) is 16.8 Å². The maximum atomic E-state index is 13.0. The zero-order valence-corrected chi connectivity index (χ0v) is 17.6. The SMILES string of the molecule is O=C(O)c1cc(C2CC2)cnc1Cc1ccc2c(ccn2Cc2cccc(C(F)(F)F)c2)c1. The molecule has 0 atom stereocenters. The summed E-state index contributed by atoms with van der Waals surface area (Å²) in [6, 6.07) is 14.8. The molecule has 2 aromatic heterocycles. The van der Waals surface area contributed by atoms with E-state index in [0.717, 1.165) is 40.9 Å². The molecule has 1 aliphatic carbocycles. The van der Waals surface area contributed by atoms with Crippen LogP contribution in [0.4, 0.5) is 13.2 Å². The van der Waals surface area contributed by atoms with Crippen LogP contribution in [-0.4, -0.2) is 20.6 Å². The highest BCUT2D eigenvalue weighted by Gasteiger charge is 2.30. The van der Waals surface area contributed by atoms with E-state index in [1.165, 1.54) is 12.1 Å². The molecule has 4 aromatic rings. The van der Waals surface area contributed by atoms with Gasteiger partial charge in [0.2, 0.25) is 0 Å². The Morgan fingerprint density at radius 2 is 1.88 bits per heavy atom. The third-order valence-corrected chi connectivity index (χ3v) is 6.08. The number of aromatic nitrogens is 2. The van der Waals surface area contributed by atoms with Crippen molar-refractivity contribution >= 4 is 16.9 Å². The topological polar surface area (TPSA) is 55.1 Å². The number of carboxylic acids is 1. The standard InChI is InChI=1S/C26H21F3N2O2/c27-26(28,29)21-3-1-2-17(11-21)15-31-9-8-19-10-16(4-7-24(19)31)12-23-22(25(32)33)13-20(14-30-23)18-5-6-18/h1-4,7-11,13-14,18H,5-6,12,15H2,(H,32,33). The van der Waals surface area contributed by atoms with Crippen LogP contribution in [0.3, 0.4) is 0 Å². The number of halogens is 3. The minimum atomic E-state index is -4.37. The smallest absolute Gasteiger partial charge is 0.416 e. The van der Waals surface area contributed by atoms with E-state index >= 15 is 0 Å². The van der Waals surface area contributed by atoms with Crippen LogP contribution in [0.15, 0.2) is 67.0 Å². The van der Waals surface area contributed by atoms with E-state index in [-0.39, 0.29) is 5.56 Å². The lowest BCUT2D eigenvalue weighted by Gasteiger charge is -2.11. The van der Waals surface area contributed by atoms with Crippen molar-refractivity contribution in [2.75, 3.05) is 0 Å². The van der Waals surface area contributed by atoms with Crippen molar-refractivity contribution in [1.29, 1.82) is 0 Å². The van der Waals surface area contributed by atoms with Gasteiger partial charge in [-0.05, 0) is 77.2 Å². The minimum Gasteiger partial charge on any atom is -0.478 e. The third-order valence-electron chi connectivity index (χ3n) is 6.08. The van der Waals surface area contributed by atoms with Gasteiger partial charge < -0.3 is 9.67 Å². The Bertz CT molecular complexity index is 1350. The van der Waals surface area contributed by atoms with E-state index in [4.69, 9.17) is 0 Å². The van der Waals surface area contributed by atoms with E-state index in [1.807, 2.05) is 35.0 Å². The van der Waals surface area contributed by atoms with Crippen LogP contribution < -0.4 is 0 Å². The first-order valence-electron chi connectivity index (χ1n) is 10.7. The molecule has 0 spiro atoms. The monoisotopic (exact) mass is 450 g/mol. The summed E-state index contributed by atoms with van der Waals surface area (Å²) in [4.78, 5) is 16.2. The summed E-state index contributed by atoms with van der Waals surface area (Å²) in [5.74, 6) is -0.550. The Morgan fingerprint density at radius 1 is 1.06 bits per heavy atom.